The number of ether oxygens (including phenoxy) is 1. The van der Waals surface area contributed by atoms with E-state index in [4.69, 9.17) is 0 Å². The summed E-state index contributed by atoms with van der Waals surface area (Å²) in [5.41, 5.74) is 0.120. The van der Waals surface area contributed by atoms with Crippen molar-refractivity contribution in [1.29, 1.82) is 0 Å². The van der Waals surface area contributed by atoms with Crippen LogP contribution in [0.1, 0.15) is 0 Å². The van der Waals surface area contributed by atoms with Gasteiger partial charge in [-0.15, -0.1) is 13.2 Å². The molecular weight excluding hydrogens is 457 g/mol. The van der Waals surface area contributed by atoms with Gasteiger partial charge in [-0.3, -0.25) is 10.1 Å². The van der Waals surface area contributed by atoms with Gasteiger partial charge in [0, 0.05) is 10.2 Å². The van der Waals surface area contributed by atoms with E-state index in [2.05, 4.69) is 26.0 Å². The van der Waals surface area contributed by atoms with Crippen LogP contribution in [0.25, 0.3) is 0 Å². The maximum Gasteiger partial charge on any atom is 0.573 e. The van der Waals surface area contributed by atoms with E-state index < -0.39 is 31.9 Å². The lowest BCUT2D eigenvalue weighted by Gasteiger charge is -2.09. The molecule has 1 N–H and O–H groups in total. The summed E-state index contributed by atoms with van der Waals surface area (Å²) >= 11 is 3.13. The Bertz CT molecular complexity index is 958. The average Bonchev–Trinajstić information content (AvgIpc) is 2.55. The number of hydrogen-bond donors (Lipinski definition) is 1. The minimum Gasteiger partial charge on any atom is -0.406 e. The van der Waals surface area contributed by atoms with Gasteiger partial charge in [0.05, 0.1) is 16.0 Å². The quantitative estimate of drug-likeness (QED) is 0.503. The highest BCUT2D eigenvalue weighted by atomic mass is 79.9. The van der Waals surface area contributed by atoms with Gasteiger partial charge in [0.15, 0.2) is 0 Å². The zero-order valence-corrected chi connectivity index (χ0v) is 15.5. The van der Waals surface area contributed by atoms with Gasteiger partial charge in [-0.05, 0) is 48.5 Å². The molecule has 0 heterocycles. The van der Waals surface area contributed by atoms with E-state index in [9.17, 15) is 31.7 Å². The molecule has 2 rings (SSSR count). The molecular formula is C15H10BrF3N2O5S. The van der Waals surface area contributed by atoms with Crippen molar-refractivity contribution in [2.75, 3.05) is 5.32 Å². The van der Waals surface area contributed by atoms with Gasteiger partial charge in [-0.2, -0.15) is 0 Å². The van der Waals surface area contributed by atoms with Crippen molar-refractivity contribution in [3.05, 3.63) is 74.3 Å². The third-order valence-corrected chi connectivity index (χ3v) is 5.27. The molecule has 0 radical (unpaired) electrons. The maximum atomic E-state index is 12.4. The average molecular weight is 467 g/mol. The minimum absolute atomic E-state index is 0.120. The Kier molecular flexibility index (Phi) is 6.11. The van der Waals surface area contributed by atoms with Crippen LogP contribution in [0.3, 0.4) is 0 Å². The summed E-state index contributed by atoms with van der Waals surface area (Å²) in [5.74, 6) is -0.492. The van der Waals surface area contributed by atoms with Crippen LogP contribution in [0, 0.1) is 10.1 Å². The number of alkyl halides is 3. The molecule has 0 aliphatic carbocycles. The van der Waals surface area contributed by atoms with E-state index in [0.29, 0.717) is 10.7 Å². The number of nitrogens with zero attached hydrogens (tertiary/aromatic N) is 1. The lowest BCUT2D eigenvalue weighted by Crippen LogP contribution is -2.17. The Morgan fingerprint density at radius 1 is 1.11 bits per heavy atom. The van der Waals surface area contributed by atoms with Crippen molar-refractivity contribution in [2.45, 2.75) is 11.3 Å². The predicted molar refractivity (Wildman–Crippen MR) is 93.2 cm³/mol. The van der Waals surface area contributed by atoms with Crippen molar-refractivity contribution in [3.63, 3.8) is 0 Å². The third kappa shape index (κ3) is 5.69. The monoisotopic (exact) mass is 466 g/mol. The molecule has 2 aromatic rings. The first kappa shape index (κ1) is 20.7. The van der Waals surface area contributed by atoms with Crippen LogP contribution in [-0.2, 0) is 9.84 Å². The number of rotatable bonds is 6. The molecule has 27 heavy (non-hydrogen) atoms. The molecule has 7 nitrogen and oxygen atoms in total. The molecule has 0 unspecified atom stereocenters. The van der Waals surface area contributed by atoms with Crippen molar-refractivity contribution in [2.24, 2.45) is 0 Å². The van der Waals surface area contributed by atoms with Gasteiger partial charge in [0.1, 0.15) is 5.75 Å². The van der Waals surface area contributed by atoms with Crippen molar-refractivity contribution < 1.29 is 31.2 Å². The van der Waals surface area contributed by atoms with Crippen molar-refractivity contribution in [1.82, 2.24) is 0 Å². The molecule has 0 atom stereocenters. The molecule has 0 fully saturated rings. The topological polar surface area (TPSA) is 98.5 Å². The van der Waals surface area contributed by atoms with Crippen LogP contribution in [0.15, 0.2) is 69.1 Å². The van der Waals surface area contributed by atoms with E-state index >= 15 is 0 Å². The molecule has 12 heteroatoms. The van der Waals surface area contributed by atoms with Crippen LogP contribution >= 0.6 is 15.9 Å². The largest absolute Gasteiger partial charge is 0.573 e. The number of sulfone groups is 1. The zero-order valence-electron chi connectivity index (χ0n) is 13.1. The Morgan fingerprint density at radius 2 is 1.67 bits per heavy atom. The van der Waals surface area contributed by atoms with E-state index in [-0.39, 0.29) is 10.6 Å². The van der Waals surface area contributed by atoms with Crippen molar-refractivity contribution >= 4 is 31.5 Å². The second kappa shape index (κ2) is 7.96. The summed E-state index contributed by atoms with van der Waals surface area (Å²) in [6.45, 7) is 0. The van der Waals surface area contributed by atoms with Crippen LogP contribution in [0.4, 0.5) is 18.9 Å². The van der Waals surface area contributed by atoms with Crippen LogP contribution < -0.4 is 10.1 Å². The van der Waals surface area contributed by atoms with E-state index in [1.807, 2.05) is 0 Å². The molecule has 0 aromatic heterocycles. The smallest absolute Gasteiger partial charge is 0.406 e. The van der Waals surface area contributed by atoms with Gasteiger partial charge >= 0.3 is 11.4 Å². The molecule has 0 spiro atoms. The molecule has 0 saturated heterocycles. The summed E-state index contributed by atoms with van der Waals surface area (Å²) in [5, 5.41) is 12.4. The fraction of sp³-hybridized carbons (Fsp3) is 0.0667. The van der Waals surface area contributed by atoms with Gasteiger partial charge < -0.3 is 10.1 Å². The maximum absolute atomic E-state index is 12.4. The third-order valence-electron chi connectivity index (χ3n) is 3.03. The molecule has 144 valence electrons. The number of halogens is 4. The van der Waals surface area contributed by atoms with Gasteiger partial charge in [-0.1, -0.05) is 15.9 Å². The SMILES string of the molecule is O=[N+]([O-])/C(=C\Nc1ccc(OC(F)(F)F)cc1)S(=O)(=O)c1ccc(Br)cc1. The standard InChI is InChI=1S/C15H10BrF3N2O5S/c16-10-1-7-13(8-2-10)27(24,25)14(21(22)23)9-20-11-3-5-12(6-4-11)26-15(17,18)19/h1-9,20H/b14-9+. The highest BCUT2D eigenvalue weighted by Crippen LogP contribution is 2.25. The molecule has 0 aliphatic heterocycles. The normalized spacial score (nSPS) is 12.5. The van der Waals surface area contributed by atoms with Crippen LogP contribution in [-0.4, -0.2) is 19.7 Å². The highest BCUT2D eigenvalue weighted by molar-refractivity contribution is 9.10. The lowest BCUT2D eigenvalue weighted by molar-refractivity contribution is -0.411. The number of benzene rings is 2. The van der Waals surface area contributed by atoms with Gasteiger partial charge in [-0.25, -0.2) is 8.42 Å². The molecule has 2 aromatic carbocycles. The fourth-order valence-electron chi connectivity index (χ4n) is 1.86. The summed E-state index contributed by atoms with van der Waals surface area (Å²) in [7, 11) is -4.41. The first-order valence-corrected chi connectivity index (χ1v) is 9.24. The summed E-state index contributed by atoms with van der Waals surface area (Å²) in [4.78, 5) is 9.82. The Labute approximate surface area is 159 Å². The lowest BCUT2D eigenvalue weighted by atomic mass is 10.3. The first-order chi connectivity index (χ1) is 12.5. The summed E-state index contributed by atoms with van der Waals surface area (Å²) in [6.07, 6.45) is -4.20. The Balaban J connectivity index is 2.25. The van der Waals surface area contributed by atoms with Crippen LogP contribution in [0.2, 0.25) is 0 Å². The molecule has 0 aliphatic rings. The van der Waals surface area contributed by atoms with Gasteiger partial charge in [0.2, 0.25) is 0 Å². The Morgan fingerprint density at radius 3 is 2.15 bits per heavy atom. The fourth-order valence-corrected chi connectivity index (χ4v) is 3.27. The van der Waals surface area contributed by atoms with E-state index in [0.717, 1.165) is 24.3 Å². The van der Waals surface area contributed by atoms with E-state index in [1.165, 1.54) is 24.3 Å². The van der Waals surface area contributed by atoms with Gasteiger partial charge in [0.25, 0.3) is 9.84 Å². The van der Waals surface area contributed by atoms with Crippen molar-refractivity contribution in [3.8, 4) is 5.75 Å². The minimum atomic E-state index is -4.85. The predicted octanol–water partition coefficient (Wildman–Crippen LogP) is 4.31. The molecule has 0 amide bonds. The Hall–Kier alpha value is -2.60. The number of hydrogen-bond acceptors (Lipinski definition) is 6. The second-order valence-electron chi connectivity index (χ2n) is 4.91. The number of nitrogens with one attached hydrogen (secondary N) is 1. The zero-order chi connectivity index (χ0) is 20.2. The summed E-state index contributed by atoms with van der Waals surface area (Å²) < 4.78 is 65.4. The van der Waals surface area contributed by atoms with Crippen LogP contribution in [0.5, 0.6) is 5.75 Å². The van der Waals surface area contributed by atoms with E-state index in [1.54, 1.807) is 0 Å². The number of anilines is 1. The molecule has 0 bridgehead atoms. The first-order valence-electron chi connectivity index (χ1n) is 6.96. The second-order valence-corrected chi connectivity index (χ2v) is 7.73. The highest BCUT2D eigenvalue weighted by Gasteiger charge is 2.32. The summed E-state index contributed by atoms with van der Waals surface area (Å²) in [6, 6.07) is 9.44. The number of nitro groups is 1. The molecule has 0 saturated carbocycles.